The molecular formula is C21H25Cl2N3O4S. The van der Waals surface area contributed by atoms with E-state index in [0.29, 0.717) is 42.3 Å². The molecule has 1 aromatic carbocycles. The number of benzene rings is 1. The van der Waals surface area contributed by atoms with Crippen molar-refractivity contribution in [3.63, 3.8) is 0 Å². The molecule has 0 atom stereocenters. The minimum atomic E-state index is -1.19. The van der Waals surface area contributed by atoms with Gasteiger partial charge in [-0.25, -0.2) is 4.98 Å². The highest BCUT2D eigenvalue weighted by molar-refractivity contribution is 7.17. The maximum Gasteiger partial charge on any atom is 0.280 e. The Morgan fingerprint density at radius 1 is 1.26 bits per heavy atom. The molecule has 0 unspecified atom stereocenters. The molecule has 168 valence electrons. The summed E-state index contributed by atoms with van der Waals surface area (Å²) < 4.78 is 5.09. The van der Waals surface area contributed by atoms with Crippen molar-refractivity contribution in [3.8, 4) is 10.4 Å². The fourth-order valence-corrected chi connectivity index (χ4v) is 4.87. The lowest BCUT2D eigenvalue weighted by Crippen LogP contribution is -2.48. The Labute approximate surface area is 195 Å². The summed E-state index contributed by atoms with van der Waals surface area (Å²) in [6.45, 7) is 8.87. The molecule has 1 aromatic heterocycles. The lowest BCUT2D eigenvalue weighted by atomic mass is 9.96. The molecule has 1 aliphatic heterocycles. The molecule has 2 heterocycles. The van der Waals surface area contributed by atoms with Gasteiger partial charge in [0.15, 0.2) is 5.01 Å². The second-order valence-electron chi connectivity index (χ2n) is 7.73. The van der Waals surface area contributed by atoms with Gasteiger partial charge in [-0.1, -0.05) is 35.3 Å². The zero-order valence-electron chi connectivity index (χ0n) is 17.8. The summed E-state index contributed by atoms with van der Waals surface area (Å²) in [5.74, 6) is -0.658. The smallest absolute Gasteiger partial charge is 0.280 e. The van der Waals surface area contributed by atoms with Gasteiger partial charge in [-0.05, 0) is 27.7 Å². The molecule has 7 nitrogen and oxygen atoms in total. The van der Waals surface area contributed by atoms with Crippen molar-refractivity contribution < 1.29 is 19.4 Å². The molecule has 1 aliphatic rings. The Morgan fingerprint density at radius 3 is 2.42 bits per heavy atom. The summed E-state index contributed by atoms with van der Waals surface area (Å²) in [7, 11) is 0. The van der Waals surface area contributed by atoms with E-state index in [1.165, 1.54) is 0 Å². The molecular weight excluding hydrogens is 461 g/mol. The van der Waals surface area contributed by atoms with E-state index in [1.54, 1.807) is 30.9 Å². The molecule has 0 bridgehead atoms. The van der Waals surface area contributed by atoms with E-state index in [4.69, 9.17) is 27.9 Å². The number of aliphatic hydroxyl groups is 1. The van der Waals surface area contributed by atoms with Crippen molar-refractivity contribution in [2.45, 2.75) is 39.3 Å². The number of nitrogens with zero attached hydrogens (tertiary/aromatic N) is 2. The topological polar surface area (TPSA) is 91.8 Å². The molecule has 2 aromatic rings. The Kier molecular flexibility index (Phi) is 7.28. The van der Waals surface area contributed by atoms with Gasteiger partial charge in [0.25, 0.3) is 11.8 Å². The van der Waals surface area contributed by atoms with E-state index in [1.807, 2.05) is 13.8 Å². The van der Waals surface area contributed by atoms with Gasteiger partial charge in [-0.15, -0.1) is 11.3 Å². The van der Waals surface area contributed by atoms with Crippen molar-refractivity contribution in [2.75, 3.05) is 26.3 Å². The quantitative estimate of drug-likeness (QED) is 0.619. The van der Waals surface area contributed by atoms with Gasteiger partial charge in [-0.2, -0.15) is 0 Å². The Hall–Kier alpha value is -1.71. The molecule has 0 saturated carbocycles. The van der Waals surface area contributed by atoms with Gasteiger partial charge >= 0.3 is 0 Å². The largest absolute Gasteiger partial charge is 0.386 e. The summed E-state index contributed by atoms with van der Waals surface area (Å²) in [6.07, 6.45) is 0. The van der Waals surface area contributed by atoms with Crippen LogP contribution < -0.4 is 5.32 Å². The number of hydrogen-bond donors (Lipinski definition) is 2. The van der Waals surface area contributed by atoms with Crippen LogP contribution in [0.5, 0.6) is 0 Å². The first-order chi connectivity index (χ1) is 14.6. The Balaban J connectivity index is 2.10. The summed E-state index contributed by atoms with van der Waals surface area (Å²) in [5, 5.41) is 13.7. The van der Waals surface area contributed by atoms with Gasteiger partial charge in [0.1, 0.15) is 5.69 Å². The zero-order valence-corrected chi connectivity index (χ0v) is 20.1. The van der Waals surface area contributed by atoms with Crippen LogP contribution in [0.3, 0.4) is 0 Å². The average molecular weight is 486 g/mol. The highest BCUT2D eigenvalue weighted by Crippen LogP contribution is 2.42. The number of amides is 2. The summed E-state index contributed by atoms with van der Waals surface area (Å²) in [6, 6.07) is 3.29. The number of aromatic nitrogens is 1. The standard InChI is InChI=1S/C21H25Cl2N3O4S/c1-5-26(6-2)20(28)16-17(31-19(25-16)18(27)24-11-9-30-10-11)12-7-8-13(21(3,4)29)15(23)14(12)22/h7-8,11,29H,5-6,9-10H2,1-4H3,(H,24,27). The SMILES string of the molecule is CCN(CC)C(=O)c1nc(C(=O)NC2COC2)sc1-c1ccc(C(C)(C)O)c(Cl)c1Cl. The van der Waals surface area contributed by atoms with E-state index >= 15 is 0 Å². The summed E-state index contributed by atoms with van der Waals surface area (Å²) in [4.78, 5) is 32.3. The van der Waals surface area contributed by atoms with E-state index in [0.717, 1.165) is 11.3 Å². The van der Waals surface area contributed by atoms with E-state index in [2.05, 4.69) is 10.3 Å². The third-order valence-corrected chi connectivity index (χ3v) is 7.00. The third kappa shape index (κ3) is 4.88. The Morgan fingerprint density at radius 2 is 1.90 bits per heavy atom. The summed E-state index contributed by atoms with van der Waals surface area (Å²) >= 11 is 14.1. The van der Waals surface area contributed by atoms with Crippen LogP contribution in [-0.2, 0) is 10.3 Å². The van der Waals surface area contributed by atoms with Crippen molar-refractivity contribution in [1.82, 2.24) is 15.2 Å². The molecule has 2 amide bonds. The van der Waals surface area contributed by atoms with Gasteiger partial charge < -0.3 is 20.1 Å². The van der Waals surface area contributed by atoms with Crippen molar-refractivity contribution in [3.05, 3.63) is 38.4 Å². The second kappa shape index (κ2) is 9.42. The van der Waals surface area contributed by atoms with Crippen LogP contribution >= 0.6 is 34.5 Å². The highest BCUT2D eigenvalue weighted by atomic mass is 35.5. The van der Waals surface area contributed by atoms with Crippen LogP contribution in [0.25, 0.3) is 10.4 Å². The summed E-state index contributed by atoms with van der Waals surface area (Å²) in [5.41, 5.74) is -0.0914. The molecule has 2 N–H and O–H groups in total. The van der Waals surface area contributed by atoms with E-state index in [9.17, 15) is 14.7 Å². The number of hydrogen-bond acceptors (Lipinski definition) is 6. The van der Waals surface area contributed by atoms with Crippen LogP contribution in [0.4, 0.5) is 0 Å². The van der Waals surface area contributed by atoms with E-state index in [-0.39, 0.29) is 38.6 Å². The molecule has 1 fully saturated rings. The molecule has 10 heteroatoms. The highest BCUT2D eigenvalue weighted by Gasteiger charge is 2.30. The predicted octanol–water partition coefficient (Wildman–Crippen LogP) is 3.95. The third-order valence-electron chi connectivity index (χ3n) is 5.03. The number of ether oxygens (including phenoxy) is 1. The first-order valence-corrected chi connectivity index (χ1v) is 11.6. The molecule has 31 heavy (non-hydrogen) atoms. The fraction of sp³-hybridized carbons (Fsp3) is 0.476. The van der Waals surface area contributed by atoms with Crippen molar-refractivity contribution in [2.24, 2.45) is 0 Å². The number of thiazole rings is 1. The van der Waals surface area contributed by atoms with Crippen LogP contribution in [-0.4, -0.2) is 59.1 Å². The van der Waals surface area contributed by atoms with Gasteiger partial charge in [0.05, 0.1) is 39.8 Å². The molecule has 0 radical (unpaired) electrons. The van der Waals surface area contributed by atoms with Crippen LogP contribution in [0.15, 0.2) is 12.1 Å². The van der Waals surface area contributed by atoms with Gasteiger partial charge in [-0.3, -0.25) is 9.59 Å². The van der Waals surface area contributed by atoms with Crippen LogP contribution in [0.1, 0.15) is 53.5 Å². The Bertz CT molecular complexity index is 995. The van der Waals surface area contributed by atoms with Gasteiger partial charge in [0.2, 0.25) is 0 Å². The normalized spacial score (nSPS) is 14.3. The minimum Gasteiger partial charge on any atom is -0.386 e. The maximum absolute atomic E-state index is 13.2. The fourth-order valence-electron chi connectivity index (χ4n) is 3.17. The number of halogens is 2. The molecule has 0 spiro atoms. The average Bonchev–Trinajstić information content (AvgIpc) is 3.11. The zero-order chi connectivity index (χ0) is 22.9. The lowest BCUT2D eigenvalue weighted by Gasteiger charge is -2.26. The predicted molar refractivity (Wildman–Crippen MR) is 122 cm³/mol. The molecule has 3 rings (SSSR count). The number of nitrogens with one attached hydrogen (secondary N) is 1. The van der Waals surface area contributed by atoms with E-state index < -0.39 is 5.60 Å². The lowest BCUT2D eigenvalue weighted by molar-refractivity contribution is -0.00346. The van der Waals surface area contributed by atoms with Gasteiger partial charge in [0, 0.05) is 24.2 Å². The van der Waals surface area contributed by atoms with Crippen LogP contribution in [0.2, 0.25) is 10.0 Å². The maximum atomic E-state index is 13.2. The first-order valence-electron chi connectivity index (χ1n) is 9.98. The number of rotatable bonds is 7. The molecule has 1 saturated heterocycles. The molecule has 0 aliphatic carbocycles. The van der Waals surface area contributed by atoms with Crippen molar-refractivity contribution in [1.29, 1.82) is 0 Å². The van der Waals surface area contributed by atoms with Crippen molar-refractivity contribution >= 4 is 46.4 Å². The van der Waals surface area contributed by atoms with Crippen LogP contribution in [0, 0.1) is 0 Å². The first kappa shape index (κ1) is 23.9. The number of carbonyl (C=O) groups is 2. The second-order valence-corrected chi connectivity index (χ2v) is 9.48. The monoisotopic (exact) mass is 485 g/mol. The minimum absolute atomic E-state index is 0.0640. The number of carbonyl (C=O) groups excluding carboxylic acids is 2.